The second-order valence-corrected chi connectivity index (χ2v) is 11.0. The predicted octanol–water partition coefficient (Wildman–Crippen LogP) is 3.86. The number of fused-ring (bicyclic) bond motifs is 1. The number of carbonyl (C=O) groups is 2. The lowest BCUT2D eigenvalue weighted by Gasteiger charge is -2.34. The molecule has 0 spiro atoms. The van der Waals surface area contributed by atoms with Gasteiger partial charge >= 0.3 is 5.97 Å². The highest BCUT2D eigenvalue weighted by Crippen LogP contribution is 2.53. The van der Waals surface area contributed by atoms with Crippen molar-refractivity contribution in [2.24, 2.45) is 5.41 Å². The minimum atomic E-state index is -4.11. The van der Waals surface area contributed by atoms with E-state index in [1.54, 1.807) is 49.4 Å². The molecule has 7 nitrogen and oxygen atoms in total. The maximum Gasteiger partial charge on any atom is 0.348 e. The molecule has 4 rings (SSSR count). The van der Waals surface area contributed by atoms with Crippen LogP contribution in [0.3, 0.4) is 0 Å². The van der Waals surface area contributed by atoms with Crippen molar-refractivity contribution in [3.05, 3.63) is 65.7 Å². The van der Waals surface area contributed by atoms with Crippen LogP contribution in [0.25, 0.3) is 0 Å². The average Bonchev–Trinajstić information content (AvgIpc) is 3.07. The maximum atomic E-state index is 14.1. The number of Topliss-reactive ketones (excluding diaryl/α,β-unsaturated/α-hetero) is 1. The molecule has 182 valence electrons. The molecule has 4 atom stereocenters. The van der Waals surface area contributed by atoms with Crippen LogP contribution >= 0.6 is 0 Å². The van der Waals surface area contributed by atoms with Gasteiger partial charge in [0.15, 0.2) is 5.78 Å². The van der Waals surface area contributed by atoms with E-state index in [4.69, 9.17) is 9.47 Å². The van der Waals surface area contributed by atoms with Gasteiger partial charge in [-0.05, 0) is 51.3 Å². The van der Waals surface area contributed by atoms with Gasteiger partial charge in [-0.3, -0.25) is 4.79 Å². The van der Waals surface area contributed by atoms with Crippen molar-refractivity contribution in [1.29, 1.82) is 0 Å². The summed E-state index contributed by atoms with van der Waals surface area (Å²) in [5.74, 6) is -1.29. The van der Waals surface area contributed by atoms with Crippen molar-refractivity contribution < 1.29 is 27.5 Å². The van der Waals surface area contributed by atoms with Crippen LogP contribution in [0.1, 0.15) is 56.7 Å². The first-order valence-corrected chi connectivity index (χ1v) is 13.2. The molecule has 2 aromatic carbocycles. The standard InChI is InChI=1S/C26H31NO6S/c1-4-32-24(29)26(23(28)25(3)17-9-8-12-21(25)33-26)22(19-10-6-5-7-11-19)27-34(30,31)20-15-13-18(2)14-16-20/h5-7,10-11,13-16,21-22,27H,4,8-9,12,17H2,1-3H3/t21?,22?,25-,26+/m1/s1. The summed E-state index contributed by atoms with van der Waals surface area (Å²) in [6.45, 7) is 5.36. The van der Waals surface area contributed by atoms with Crippen molar-refractivity contribution in [3.8, 4) is 0 Å². The summed E-state index contributed by atoms with van der Waals surface area (Å²) in [4.78, 5) is 27.7. The summed E-state index contributed by atoms with van der Waals surface area (Å²) in [5.41, 5.74) is -1.67. The molecule has 1 N–H and O–H groups in total. The smallest absolute Gasteiger partial charge is 0.348 e. The van der Waals surface area contributed by atoms with Crippen LogP contribution in [0, 0.1) is 12.3 Å². The Hall–Kier alpha value is -2.55. The molecule has 1 saturated heterocycles. The van der Waals surface area contributed by atoms with Gasteiger partial charge in [0.2, 0.25) is 15.6 Å². The largest absolute Gasteiger partial charge is 0.463 e. The van der Waals surface area contributed by atoms with E-state index in [0.717, 1.165) is 18.4 Å². The molecule has 1 aliphatic carbocycles. The Morgan fingerprint density at radius 1 is 1.15 bits per heavy atom. The lowest BCUT2D eigenvalue weighted by Crippen LogP contribution is -2.58. The molecule has 8 heteroatoms. The van der Waals surface area contributed by atoms with Crippen molar-refractivity contribution in [2.45, 2.75) is 69.1 Å². The second-order valence-electron chi connectivity index (χ2n) is 9.33. The van der Waals surface area contributed by atoms with E-state index in [0.29, 0.717) is 18.4 Å². The number of nitrogens with one attached hydrogen (secondary N) is 1. The van der Waals surface area contributed by atoms with Crippen LogP contribution in [0.2, 0.25) is 0 Å². The van der Waals surface area contributed by atoms with Crippen molar-refractivity contribution >= 4 is 21.8 Å². The summed E-state index contributed by atoms with van der Waals surface area (Å²) >= 11 is 0. The van der Waals surface area contributed by atoms with Gasteiger partial charge in [-0.15, -0.1) is 0 Å². The lowest BCUT2D eigenvalue weighted by molar-refractivity contribution is -0.177. The third-order valence-electron chi connectivity index (χ3n) is 7.03. The molecular formula is C26H31NO6S. The van der Waals surface area contributed by atoms with Gasteiger partial charge in [0, 0.05) is 0 Å². The average molecular weight is 486 g/mol. The summed E-state index contributed by atoms with van der Waals surface area (Å²) in [7, 11) is -4.11. The van der Waals surface area contributed by atoms with Crippen LogP contribution < -0.4 is 4.72 Å². The number of esters is 1. The minimum absolute atomic E-state index is 0.0326. The molecule has 0 aromatic heterocycles. The highest BCUT2D eigenvalue weighted by atomic mass is 32.2. The summed E-state index contributed by atoms with van der Waals surface area (Å²) in [5, 5.41) is 0. The predicted molar refractivity (Wildman–Crippen MR) is 127 cm³/mol. The van der Waals surface area contributed by atoms with Crippen LogP contribution in [0.4, 0.5) is 0 Å². The molecule has 34 heavy (non-hydrogen) atoms. The number of rotatable bonds is 7. The molecule has 2 aliphatic rings. The first-order valence-electron chi connectivity index (χ1n) is 11.7. The lowest BCUT2D eigenvalue weighted by atomic mass is 9.68. The van der Waals surface area contributed by atoms with Crippen LogP contribution in [0.15, 0.2) is 59.5 Å². The van der Waals surface area contributed by atoms with E-state index < -0.39 is 44.9 Å². The molecule has 2 unspecified atom stereocenters. The van der Waals surface area contributed by atoms with Gasteiger partial charge < -0.3 is 9.47 Å². The number of hydrogen-bond donors (Lipinski definition) is 1. The Kier molecular flexibility index (Phi) is 6.68. The molecule has 1 saturated carbocycles. The molecule has 2 fully saturated rings. The second kappa shape index (κ2) is 9.24. The minimum Gasteiger partial charge on any atom is -0.463 e. The fraction of sp³-hybridized carbons (Fsp3) is 0.462. The number of ketones is 1. The van der Waals surface area contributed by atoms with E-state index in [-0.39, 0.29) is 11.5 Å². The highest BCUT2D eigenvalue weighted by molar-refractivity contribution is 7.89. The quantitative estimate of drug-likeness (QED) is 0.472. The fourth-order valence-electron chi connectivity index (χ4n) is 5.12. The molecule has 1 heterocycles. The van der Waals surface area contributed by atoms with Crippen molar-refractivity contribution in [2.75, 3.05) is 6.61 Å². The molecule has 0 amide bonds. The topological polar surface area (TPSA) is 98.8 Å². The third kappa shape index (κ3) is 4.08. The number of aryl methyl sites for hydroxylation is 1. The van der Waals surface area contributed by atoms with Crippen molar-refractivity contribution in [3.63, 3.8) is 0 Å². The van der Waals surface area contributed by atoms with Gasteiger partial charge in [0.05, 0.1) is 29.1 Å². The number of benzene rings is 2. The van der Waals surface area contributed by atoms with E-state index in [9.17, 15) is 18.0 Å². The van der Waals surface area contributed by atoms with E-state index in [1.165, 1.54) is 12.1 Å². The zero-order valence-electron chi connectivity index (χ0n) is 19.7. The number of carbonyl (C=O) groups excluding carboxylic acids is 2. The Bertz CT molecular complexity index is 1160. The van der Waals surface area contributed by atoms with Gasteiger partial charge in [-0.2, -0.15) is 4.72 Å². The Balaban J connectivity index is 1.88. The van der Waals surface area contributed by atoms with Crippen molar-refractivity contribution in [1.82, 2.24) is 4.72 Å². The first-order chi connectivity index (χ1) is 16.1. The number of hydrogen-bond acceptors (Lipinski definition) is 6. The number of sulfonamides is 1. The van der Waals surface area contributed by atoms with E-state index in [1.807, 2.05) is 13.8 Å². The van der Waals surface area contributed by atoms with Gasteiger partial charge in [0.25, 0.3) is 0 Å². The van der Waals surface area contributed by atoms with E-state index in [2.05, 4.69) is 4.72 Å². The zero-order chi connectivity index (χ0) is 24.6. The summed E-state index contributed by atoms with van der Waals surface area (Å²) in [6, 6.07) is 13.7. The Morgan fingerprint density at radius 2 is 1.82 bits per heavy atom. The molecule has 1 aliphatic heterocycles. The summed E-state index contributed by atoms with van der Waals surface area (Å²) in [6.07, 6.45) is 2.41. The van der Waals surface area contributed by atoms with Gasteiger partial charge in [-0.1, -0.05) is 60.9 Å². The molecule has 0 bridgehead atoms. The van der Waals surface area contributed by atoms with Gasteiger partial charge in [-0.25, -0.2) is 13.2 Å². The van der Waals surface area contributed by atoms with Crippen LogP contribution in [0.5, 0.6) is 0 Å². The van der Waals surface area contributed by atoms with Crippen LogP contribution in [-0.4, -0.2) is 38.5 Å². The third-order valence-corrected chi connectivity index (χ3v) is 8.47. The Labute approximate surface area is 200 Å². The fourth-order valence-corrected chi connectivity index (χ4v) is 6.36. The van der Waals surface area contributed by atoms with Gasteiger partial charge in [0.1, 0.15) is 0 Å². The zero-order valence-corrected chi connectivity index (χ0v) is 20.6. The number of ether oxygens (including phenoxy) is 2. The SMILES string of the molecule is CCOC(=O)[C@@]1(C(NS(=O)(=O)c2ccc(C)cc2)c2ccccc2)OC2CCCC[C@@]2(C)C1=O. The van der Waals surface area contributed by atoms with E-state index >= 15 is 0 Å². The summed E-state index contributed by atoms with van der Waals surface area (Å²) < 4.78 is 41.3. The highest BCUT2D eigenvalue weighted by Gasteiger charge is 2.69. The maximum absolute atomic E-state index is 14.1. The monoisotopic (exact) mass is 485 g/mol. The van der Waals surface area contributed by atoms with Crippen LogP contribution in [-0.2, 0) is 29.1 Å². The molecular weight excluding hydrogens is 454 g/mol. The molecule has 2 aromatic rings. The normalized spacial score (nSPS) is 27.7. The first kappa shape index (κ1) is 24.6. The molecule has 0 radical (unpaired) electrons. The Morgan fingerprint density at radius 3 is 2.44 bits per heavy atom.